The number of furan rings is 1. The van der Waals surface area contributed by atoms with Gasteiger partial charge in [-0.2, -0.15) is 0 Å². The third kappa shape index (κ3) is 3.33. The molecule has 5 heteroatoms. The third-order valence-corrected chi connectivity index (χ3v) is 2.84. The molecule has 1 aromatic heterocycles. The summed E-state index contributed by atoms with van der Waals surface area (Å²) in [5, 5.41) is 12.4. The van der Waals surface area contributed by atoms with Crippen LogP contribution in [0.5, 0.6) is 5.75 Å². The van der Waals surface area contributed by atoms with Gasteiger partial charge in [-0.15, -0.1) is 0 Å². The maximum Gasteiger partial charge on any atom is 0.165 e. The van der Waals surface area contributed by atoms with Gasteiger partial charge in [0.15, 0.2) is 11.6 Å². The Morgan fingerprint density at radius 2 is 2.26 bits per heavy atom. The standard InChI is InChI=1S/C14H16FNO3/c1-18-13-5-4-10(7-11(13)15)8-16-12(9-17)14-3-2-6-19-14/h2-7,12,16-17H,8-9H2,1H3. The van der Waals surface area contributed by atoms with Gasteiger partial charge < -0.3 is 19.6 Å². The molecule has 102 valence electrons. The highest BCUT2D eigenvalue weighted by atomic mass is 19.1. The molecule has 0 aliphatic heterocycles. The van der Waals surface area contributed by atoms with E-state index in [4.69, 9.17) is 9.15 Å². The Balaban J connectivity index is 1.99. The van der Waals surface area contributed by atoms with Crippen LogP contribution in [0.4, 0.5) is 4.39 Å². The molecule has 1 unspecified atom stereocenters. The van der Waals surface area contributed by atoms with Gasteiger partial charge in [-0.3, -0.25) is 0 Å². The van der Waals surface area contributed by atoms with Crippen LogP contribution in [0.15, 0.2) is 41.0 Å². The molecule has 0 saturated carbocycles. The quantitative estimate of drug-likeness (QED) is 0.841. The molecule has 19 heavy (non-hydrogen) atoms. The van der Waals surface area contributed by atoms with Gasteiger partial charge in [0, 0.05) is 6.54 Å². The Kier molecular flexibility index (Phi) is 4.54. The highest BCUT2D eigenvalue weighted by molar-refractivity contribution is 5.29. The summed E-state index contributed by atoms with van der Waals surface area (Å²) in [7, 11) is 1.43. The van der Waals surface area contributed by atoms with Crippen LogP contribution in [0.3, 0.4) is 0 Å². The van der Waals surface area contributed by atoms with Gasteiger partial charge in [0.1, 0.15) is 5.76 Å². The van der Waals surface area contributed by atoms with Crippen LogP contribution >= 0.6 is 0 Å². The maximum atomic E-state index is 13.5. The second-order valence-corrected chi connectivity index (χ2v) is 4.10. The maximum absolute atomic E-state index is 13.5. The van der Waals surface area contributed by atoms with E-state index < -0.39 is 5.82 Å². The average molecular weight is 265 g/mol. The van der Waals surface area contributed by atoms with Gasteiger partial charge in [0.25, 0.3) is 0 Å². The third-order valence-electron chi connectivity index (χ3n) is 2.84. The van der Waals surface area contributed by atoms with Crippen molar-refractivity contribution in [2.45, 2.75) is 12.6 Å². The SMILES string of the molecule is COc1ccc(CNC(CO)c2ccco2)cc1F. The van der Waals surface area contributed by atoms with Gasteiger partial charge in [0.05, 0.1) is 26.0 Å². The number of aliphatic hydroxyl groups excluding tert-OH is 1. The van der Waals surface area contributed by atoms with Crippen molar-refractivity contribution >= 4 is 0 Å². The minimum atomic E-state index is -0.402. The van der Waals surface area contributed by atoms with Crippen LogP contribution in [-0.4, -0.2) is 18.8 Å². The molecule has 0 fully saturated rings. The lowest BCUT2D eigenvalue weighted by Crippen LogP contribution is -2.23. The number of halogens is 1. The number of rotatable bonds is 6. The first kappa shape index (κ1) is 13.6. The van der Waals surface area contributed by atoms with Gasteiger partial charge in [0.2, 0.25) is 0 Å². The summed E-state index contributed by atoms with van der Waals surface area (Å²) in [6.45, 7) is 0.332. The van der Waals surface area contributed by atoms with Crippen molar-refractivity contribution in [1.82, 2.24) is 5.32 Å². The van der Waals surface area contributed by atoms with Crippen molar-refractivity contribution in [3.8, 4) is 5.75 Å². The molecule has 0 bridgehead atoms. The van der Waals surface area contributed by atoms with E-state index in [0.29, 0.717) is 12.3 Å². The molecular formula is C14H16FNO3. The van der Waals surface area contributed by atoms with Gasteiger partial charge in [-0.1, -0.05) is 6.07 Å². The molecule has 4 nitrogen and oxygen atoms in total. The van der Waals surface area contributed by atoms with Crippen molar-refractivity contribution in [1.29, 1.82) is 0 Å². The Labute approximate surface area is 110 Å². The van der Waals surface area contributed by atoms with Crippen LogP contribution in [-0.2, 0) is 6.54 Å². The van der Waals surface area contributed by atoms with E-state index >= 15 is 0 Å². The number of hydrogen-bond donors (Lipinski definition) is 2. The minimum Gasteiger partial charge on any atom is -0.494 e. The van der Waals surface area contributed by atoms with E-state index in [2.05, 4.69) is 5.32 Å². The molecule has 2 aromatic rings. The lowest BCUT2D eigenvalue weighted by Gasteiger charge is -2.14. The van der Waals surface area contributed by atoms with Crippen LogP contribution in [0, 0.1) is 5.82 Å². The lowest BCUT2D eigenvalue weighted by atomic mass is 10.1. The number of aliphatic hydroxyl groups is 1. The van der Waals surface area contributed by atoms with E-state index in [1.165, 1.54) is 13.2 Å². The first-order valence-corrected chi connectivity index (χ1v) is 5.94. The second kappa shape index (κ2) is 6.36. The predicted octanol–water partition coefficient (Wildman–Crippen LogP) is 2.25. The highest BCUT2D eigenvalue weighted by Crippen LogP contribution is 2.19. The molecule has 1 atom stereocenters. The monoisotopic (exact) mass is 265 g/mol. The molecular weight excluding hydrogens is 249 g/mol. The normalized spacial score (nSPS) is 12.4. The summed E-state index contributed by atoms with van der Waals surface area (Å²) in [6.07, 6.45) is 1.55. The van der Waals surface area contributed by atoms with Crippen molar-refractivity contribution in [2.75, 3.05) is 13.7 Å². The second-order valence-electron chi connectivity index (χ2n) is 4.10. The summed E-state index contributed by atoms with van der Waals surface area (Å²) >= 11 is 0. The summed E-state index contributed by atoms with van der Waals surface area (Å²) < 4.78 is 23.6. The first-order valence-electron chi connectivity index (χ1n) is 5.94. The molecule has 0 saturated heterocycles. The zero-order valence-electron chi connectivity index (χ0n) is 10.6. The fourth-order valence-electron chi connectivity index (χ4n) is 1.81. The van der Waals surface area contributed by atoms with E-state index in [1.807, 2.05) is 0 Å². The molecule has 1 heterocycles. The number of nitrogens with one attached hydrogen (secondary N) is 1. The van der Waals surface area contributed by atoms with Gasteiger partial charge >= 0.3 is 0 Å². The van der Waals surface area contributed by atoms with Crippen molar-refractivity contribution in [2.24, 2.45) is 0 Å². The Bertz CT molecular complexity index is 513. The van der Waals surface area contributed by atoms with Crippen LogP contribution in [0.25, 0.3) is 0 Å². The molecule has 0 aliphatic carbocycles. The predicted molar refractivity (Wildman–Crippen MR) is 68.3 cm³/mol. The topological polar surface area (TPSA) is 54.6 Å². The van der Waals surface area contributed by atoms with Gasteiger partial charge in [-0.05, 0) is 29.8 Å². The fourth-order valence-corrected chi connectivity index (χ4v) is 1.81. The largest absolute Gasteiger partial charge is 0.494 e. The van der Waals surface area contributed by atoms with E-state index in [0.717, 1.165) is 5.56 Å². The number of benzene rings is 1. The molecule has 0 spiro atoms. The minimum absolute atomic E-state index is 0.0911. The Morgan fingerprint density at radius 1 is 1.42 bits per heavy atom. The fraction of sp³-hybridized carbons (Fsp3) is 0.286. The van der Waals surface area contributed by atoms with E-state index in [1.54, 1.807) is 30.5 Å². The lowest BCUT2D eigenvalue weighted by molar-refractivity contribution is 0.225. The smallest absolute Gasteiger partial charge is 0.165 e. The summed E-state index contributed by atoms with van der Waals surface area (Å²) in [5.41, 5.74) is 0.767. The van der Waals surface area contributed by atoms with Crippen molar-refractivity contribution < 1.29 is 18.7 Å². The molecule has 0 amide bonds. The molecule has 2 N–H and O–H groups in total. The van der Waals surface area contributed by atoms with Crippen LogP contribution in [0.2, 0.25) is 0 Å². The number of hydrogen-bond acceptors (Lipinski definition) is 4. The van der Waals surface area contributed by atoms with Crippen molar-refractivity contribution in [3.05, 3.63) is 53.7 Å². The van der Waals surface area contributed by atoms with E-state index in [-0.39, 0.29) is 18.4 Å². The zero-order valence-corrected chi connectivity index (χ0v) is 10.6. The average Bonchev–Trinajstić information content (AvgIpc) is 2.94. The van der Waals surface area contributed by atoms with Crippen LogP contribution in [0.1, 0.15) is 17.4 Å². The first-order chi connectivity index (χ1) is 9.24. The van der Waals surface area contributed by atoms with Crippen LogP contribution < -0.4 is 10.1 Å². The number of ether oxygens (including phenoxy) is 1. The van der Waals surface area contributed by atoms with Crippen molar-refractivity contribution in [3.63, 3.8) is 0 Å². The van der Waals surface area contributed by atoms with Gasteiger partial charge in [-0.25, -0.2) is 4.39 Å². The molecule has 0 aliphatic rings. The highest BCUT2D eigenvalue weighted by Gasteiger charge is 2.12. The molecule has 1 aromatic carbocycles. The summed E-state index contributed by atoms with van der Waals surface area (Å²) in [5.74, 6) is 0.463. The molecule has 2 rings (SSSR count). The Hall–Kier alpha value is -1.85. The Morgan fingerprint density at radius 3 is 2.84 bits per heavy atom. The van der Waals surface area contributed by atoms with E-state index in [9.17, 15) is 9.50 Å². The zero-order chi connectivity index (χ0) is 13.7. The summed E-state index contributed by atoms with van der Waals surface area (Å²) in [6, 6.07) is 7.98. The summed E-state index contributed by atoms with van der Waals surface area (Å²) in [4.78, 5) is 0. The molecule has 0 radical (unpaired) electrons. The number of methoxy groups -OCH3 is 1.